The molecular weight excluding hydrogens is 1800 g/mol. The maximum absolute atomic E-state index is 15.4. The van der Waals surface area contributed by atoms with Gasteiger partial charge in [-0.3, -0.25) is 0 Å². The number of rotatable bonds is 34. The zero-order chi connectivity index (χ0) is 97.7. The van der Waals surface area contributed by atoms with Gasteiger partial charge < -0.3 is 115 Å². The van der Waals surface area contributed by atoms with E-state index in [1.165, 1.54) is 0 Å². The van der Waals surface area contributed by atoms with E-state index in [9.17, 15) is 14.7 Å². The molecule has 29 nitrogen and oxygen atoms in total. The first kappa shape index (κ1) is 107. The van der Waals surface area contributed by atoms with E-state index in [1.807, 2.05) is 170 Å². The molecule has 11 rings (SSSR count). The molecule has 0 spiro atoms. The SMILES string of the molecule is CC(C)(C)[Si](C)(C)OC[C@H]1O[C@@H](OC2[C@@H](O)[C@H](NC(=O)OCc3ccccc3)C[C@H](NC(=O)OCc3ccccc3)[C@H]2O[C@H]2O[C@@H]3COC(c4ccccc4)O[C@H]3[C@H](O[Si](C)(C)C(C)(C)C)[C@H]2NC(=O)OCc2ccccc2)[C@H](O[Si](C)(C)C(C)(C)C)[C@@H]1O[C@H]1O[C@@H](CNC(=O)OCc2ccccc2)[C@@H](O[Si](C)(C)C(C)(C)C)[C@H](O[Si](C)(C)C(C)(C)C)[C@H]1NC(=O)OCc1ccccc1. The van der Waals surface area contributed by atoms with Crippen LogP contribution in [-0.4, -0.2) is 213 Å². The molecule has 4 heterocycles. The summed E-state index contributed by atoms with van der Waals surface area (Å²) in [4.78, 5) is 75.0. The highest BCUT2D eigenvalue weighted by molar-refractivity contribution is 6.76. The van der Waals surface area contributed by atoms with Crippen molar-refractivity contribution >= 4 is 72.1 Å². The molecular formula is C100H149N5O24Si5. The minimum Gasteiger partial charge on any atom is -0.445 e. The number of aliphatic hydroxyl groups is 1. The van der Waals surface area contributed by atoms with Crippen molar-refractivity contribution < 1.29 is 113 Å². The molecule has 1 saturated carbocycles. The maximum atomic E-state index is 15.4. The lowest BCUT2D eigenvalue weighted by Gasteiger charge is -2.54. The first-order chi connectivity index (χ1) is 62.8. The highest BCUT2D eigenvalue weighted by Crippen LogP contribution is 2.49. The Balaban J connectivity index is 1.11. The van der Waals surface area contributed by atoms with Crippen LogP contribution in [0.3, 0.4) is 0 Å². The number of carbonyl (C=O) groups is 5. The Morgan fingerprint density at radius 2 is 0.687 bits per heavy atom. The van der Waals surface area contributed by atoms with Gasteiger partial charge in [-0.1, -0.05) is 286 Å². The fourth-order valence-electron chi connectivity index (χ4n) is 15.1. The van der Waals surface area contributed by atoms with Gasteiger partial charge in [0.2, 0.25) is 0 Å². The number of alkyl carbamates (subject to hydrolysis) is 5. The Morgan fingerprint density at radius 3 is 1.10 bits per heavy atom. The number of ether oxygens (including phenoxy) is 13. The summed E-state index contributed by atoms with van der Waals surface area (Å²) in [5.41, 5.74) is 4.22. The summed E-state index contributed by atoms with van der Waals surface area (Å²) in [6.45, 7) is 51.4. The van der Waals surface area contributed by atoms with Crippen LogP contribution < -0.4 is 26.6 Å². The van der Waals surface area contributed by atoms with Crippen LogP contribution in [0.1, 0.15) is 150 Å². The minimum atomic E-state index is -3.28. The molecule has 6 N–H and O–H groups in total. The third-order valence-corrected chi connectivity index (χ3v) is 50.6. The zero-order valence-electron chi connectivity index (χ0n) is 83.1. The van der Waals surface area contributed by atoms with Crippen LogP contribution in [0.2, 0.25) is 90.7 Å². The number of hydrogen-bond acceptors (Lipinski definition) is 24. The predicted molar refractivity (Wildman–Crippen MR) is 521 cm³/mol. The average Bonchev–Trinajstić information content (AvgIpc) is 0.762. The highest BCUT2D eigenvalue weighted by Gasteiger charge is 2.63. The Hall–Kier alpha value is -7.81. The van der Waals surface area contributed by atoms with Crippen LogP contribution in [0.4, 0.5) is 24.0 Å². The molecule has 134 heavy (non-hydrogen) atoms. The standard InChI is InChI=1S/C100H149N5O24Si5/c1-96(2,3)130(16,17)118-64-75-81(124-88-77(105-95(111)117-62-69-52-40-30-41-53-69)84(128-133(22,23)99(10,11)12)82(126-131(18,19)97(4,5)6)73(119-88)57-101-91(107)113-58-65-44-32-26-33-45-65)86(129-134(24,25)100(13,14)15)90(121-75)125-85-78(106)71(102-92(108)114-59-66-46-34-27-35-47-66)56-72(103-93(109)115-60-67-48-36-28-37-49-67)79(85)122-89-76(104-94(110)116-61-68-50-38-29-39-51-68)83(127-132(20,21)98(7,8)9)80-74(120-89)63-112-87(123-80)70-54-42-31-43-55-70/h26-55,71-90,106H,56-64H2,1-25H3,(H,101,107)(H,102,108)(H,103,109)(H,104,110)(H,105,111)/t71-,72+,73+,74-,75-,76-,77-,78+,79-,80-,81-,82-,83-,84-,85?,86-,87?,88-,89-,90+/m1/s1. The molecule has 34 heteroatoms. The van der Waals surface area contributed by atoms with Gasteiger partial charge in [0.1, 0.15) is 106 Å². The van der Waals surface area contributed by atoms with Crippen molar-refractivity contribution in [2.45, 2.75) is 357 Å². The van der Waals surface area contributed by atoms with E-state index in [2.05, 4.69) is 196 Å². The van der Waals surface area contributed by atoms with Crippen molar-refractivity contribution in [3.8, 4) is 0 Å². The molecule has 738 valence electrons. The summed E-state index contributed by atoms with van der Waals surface area (Å²) < 4.78 is 128. The number of amides is 5. The first-order valence-corrected chi connectivity index (χ1v) is 61.4. The van der Waals surface area contributed by atoms with Gasteiger partial charge in [-0.2, -0.15) is 0 Å². The summed E-state index contributed by atoms with van der Waals surface area (Å²) in [6.07, 6.45) is -26.3. The van der Waals surface area contributed by atoms with Gasteiger partial charge >= 0.3 is 30.5 Å². The van der Waals surface area contributed by atoms with Crippen LogP contribution in [0.15, 0.2) is 182 Å². The van der Waals surface area contributed by atoms with Gasteiger partial charge in [0.15, 0.2) is 66.7 Å². The summed E-state index contributed by atoms with van der Waals surface area (Å²) >= 11 is 0. The Bertz CT molecular complexity index is 4720. The third-order valence-electron chi connectivity index (χ3n) is 28.2. The van der Waals surface area contributed by atoms with Crippen molar-refractivity contribution in [3.05, 3.63) is 215 Å². The van der Waals surface area contributed by atoms with E-state index in [0.717, 1.165) is 5.56 Å². The van der Waals surface area contributed by atoms with Crippen LogP contribution in [0.5, 0.6) is 0 Å². The molecule has 5 aliphatic rings. The Labute approximate surface area is 798 Å². The third kappa shape index (κ3) is 28.3. The van der Waals surface area contributed by atoms with Crippen LogP contribution in [-0.2, 0) is 117 Å². The van der Waals surface area contributed by atoms with E-state index < -0.39 is 220 Å². The van der Waals surface area contributed by atoms with E-state index in [0.29, 0.717) is 27.8 Å². The number of carbonyl (C=O) groups excluding carboxylic acids is 5. The van der Waals surface area contributed by atoms with Crippen molar-refractivity contribution in [2.24, 2.45) is 0 Å². The van der Waals surface area contributed by atoms with Crippen molar-refractivity contribution in [1.29, 1.82) is 0 Å². The molecule has 4 saturated heterocycles. The summed E-state index contributed by atoms with van der Waals surface area (Å²) in [5, 5.41) is 27.2. The lowest BCUT2D eigenvalue weighted by Crippen LogP contribution is -2.72. The second-order valence-corrected chi connectivity index (χ2v) is 67.1. The molecule has 5 amide bonds. The number of aliphatic hydroxyl groups excluding tert-OH is 1. The average molecular weight is 1950 g/mol. The van der Waals surface area contributed by atoms with E-state index in [-0.39, 0.29) is 59.2 Å². The van der Waals surface area contributed by atoms with Gasteiger partial charge in [-0.15, -0.1) is 0 Å². The summed E-state index contributed by atoms with van der Waals surface area (Å²) in [6, 6.07) is 50.0. The topological polar surface area (TPSA) is 332 Å². The Morgan fingerprint density at radius 1 is 0.351 bits per heavy atom. The largest absolute Gasteiger partial charge is 0.445 e. The van der Waals surface area contributed by atoms with Gasteiger partial charge in [0.25, 0.3) is 0 Å². The maximum Gasteiger partial charge on any atom is 0.407 e. The summed E-state index contributed by atoms with van der Waals surface area (Å²) in [7, 11) is -15.2. The smallest absolute Gasteiger partial charge is 0.407 e. The van der Waals surface area contributed by atoms with E-state index in [1.54, 1.807) is 12.1 Å². The van der Waals surface area contributed by atoms with Crippen LogP contribution >= 0.6 is 0 Å². The van der Waals surface area contributed by atoms with Gasteiger partial charge in [0.05, 0.1) is 37.5 Å². The van der Waals surface area contributed by atoms with E-state index in [4.69, 9.17) is 83.7 Å². The van der Waals surface area contributed by atoms with Gasteiger partial charge in [-0.25, -0.2) is 24.0 Å². The fourth-order valence-corrected chi connectivity index (χ4v) is 21.3. The summed E-state index contributed by atoms with van der Waals surface area (Å²) in [5.74, 6) is 0. The van der Waals surface area contributed by atoms with Crippen LogP contribution in [0.25, 0.3) is 0 Å². The number of nitrogens with one attached hydrogen (secondary N) is 5. The molecule has 20 atom stereocenters. The molecule has 6 aromatic carbocycles. The number of fused-ring (bicyclic) bond motifs is 1. The zero-order valence-corrected chi connectivity index (χ0v) is 88.1. The van der Waals surface area contributed by atoms with Gasteiger partial charge in [0, 0.05) is 12.1 Å². The van der Waals surface area contributed by atoms with E-state index >= 15 is 14.4 Å². The minimum absolute atomic E-state index is 0.0464. The molecule has 1 aliphatic carbocycles. The monoisotopic (exact) mass is 1940 g/mol. The molecule has 6 aromatic rings. The lowest BCUT2D eigenvalue weighted by atomic mass is 9.83. The second-order valence-electron chi connectivity index (χ2n) is 43.3. The predicted octanol–water partition coefficient (Wildman–Crippen LogP) is 18.9. The molecule has 4 aliphatic heterocycles. The number of hydrogen-bond donors (Lipinski definition) is 6. The molecule has 2 unspecified atom stereocenters. The Kier molecular flexibility index (Phi) is 35.8. The van der Waals surface area contributed by atoms with Crippen molar-refractivity contribution in [2.75, 3.05) is 19.8 Å². The molecule has 0 aromatic heterocycles. The van der Waals surface area contributed by atoms with Crippen molar-refractivity contribution in [3.63, 3.8) is 0 Å². The lowest BCUT2D eigenvalue weighted by molar-refractivity contribution is -0.356. The second kappa shape index (κ2) is 45.0. The normalized spacial score (nSPS) is 26.8. The molecule has 0 bridgehead atoms. The first-order valence-electron chi connectivity index (χ1n) is 46.9. The molecule has 0 radical (unpaired) electrons. The fraction of sp³-hybridized carbons (Fsp3) is 0.590. The quantitative estimate of drug-likeness (QED) is 0.0161. The van der Waals surface area contributed by atoms with Gasteiger partial charge in [-0.05, 0) is 125 Å². The van der Waals surface area contributed by atoms with Crippen molar-refractivity contribution in [1.82, 2.24) is 26.6 Å². The highest BCUT2D eigenvalue weighted by atomic mass is 28.4. The van der Waals surface area contributed by atoms with Crippen LogP contribution in [0, 0.1) is 0 Å². The number of benzene rings is 6. The molecule has 5 fully saturated rings.